The van der Waals surface area contributed by atoms with Crippen LogP contribution in [0.1, 0.15) is 38.5 Å². The van der Waals surface area contributed by atoms with E-state index in [2.05, 4.69) is 20.5 Å². The lowest BCUT2D eigenvalue weighted by atomic mass is 9.95. The number of nitrogens with zero attached hydrogens (tertiary/aromatic N) is 2. The second-order valence-corrected chi connectivity index (χ2v) is 6.36. The van der Waals surface area contributed by atoms with Gasteiger partial charge in [0.2, 0.25) is 5.91 Å². The lowest BCUT2D eigenvalue weighted by Gasteiger charge is -2.24. The van der Waals surface area contributed by atoms with Gasteiger partial charge in [-0.15, -0.1) is 0 Å². The average Bonchev–Trinajstić information content (AvgIpc) is 2.98. The summed E-state index contributed by atoms with van der Waals surface area (Å²) in [6.45, 7) is 3.00. The van der Waals surface area contributed by atoms with Gasteiger partial charge >= 0.3 is 0 Å². The van der Waals surface area contributed by atoms with E-state index in [1.807, 2.05) is 0 Å². The molecule has 1 heterocycles. The summed E-state index contributed by atoms with van der Waals surface area (Å²) in [4.78, 5) is 18.5. The standard InChI is InChI=1S/C16H30N4O2/c1-17-16(20-9-8-13(11-20)12-22-2)18-10-15(21)19-14-6-4-3-5-7-14/h13-14H,3-12H2,1-2H3,(H,17,18)(H,19,21). The third-order valence-electron chi connectivity index (χ3n) is 4.58. The molecule has 0 aromatic rings. The number of likely N-dealkylation sites (tertiary alicyclic amines) is 1. The predicted octanol–water partition coefficient (Wildman–Crippen LogP) is 0.979. The van der Waals surface area contributed by atoms with Crippen molar-refractivity contribution >= 4 is 11.9 Å². The number of guanidine groups is 1. The van der Waals surface area contributed by atoms with Gasteiger partial charge in [0.05, 0.1) is 13.2 Å². The van der Waals surface area contributed by atoms with Gasteiger partial charge in [-0.05, 0) is 19.3 Å². The molecule has 2 rings (SSSR count). The Morgan fingerprint density at radius 1 is 1.27 bits per heavy atom. The largest absolute Gasteiger partial charge is 0.384 e. The van der Waals surface area contributed by atoms with Crippen LogP contribution in [0.5, 0.6) is 0 Å². The number of hydrogen-bond donors (Lipinski definition) is 2. The maximum Gasteiger partial charge on any atom is 0.239 e. The minimum Gasteiger partial charge on any atom is -0.384 e. The molecule has 0 radical (unpaired) electrons. The first-order valence-electron chi connectivity index (χ1n) is 8.46. The van der Waals surface area contributed by atoms with Gasteiger partial charge in [-0.3, -0.25) is 9.79 Å². The number of rotatable bonds is 5. The molecule has 1 aliphatic carbocycles. The summed E-state index contributed by atoms with van der Waals surface area (Å²) in [5.74, 6) is 1.44. The van der Waals surface area contributed by atoms with Crippen LogP contribution in [-0.4, -0.2) is 63.2 Å². The minimum absolute atomic E-state index is 0.0701. The summed E-state index contributed by atoms with van der Waals surface area (Å²) in [5.41, 5.74) is 0. The SMILES string of the molecule is CN=C(NCC(=O)NC1CCCCC1)N1CCC(COC)C1. The van der Waals surface area contributed by atoms with Crippen LogP contribution < -0.4 is 10.6 Å². The number of hydrogen-bond acceptors (Lipinski definition) is 3. The highest BCUT2D eigenvalue weighted by molar-refractivity contribution is 5.86. The first-order chi connectivity index (χ1) is 10.7. The fourth-order valence-electron chi connectivity index (χ4n) is 3.41. The minimum atomic E-state index is 0.0701. The molecule has 2 N–H and O–H groups in total. The maximum atomic E-state index is 12.0. The molecule has 0 aromatic heterocycles. The first-order valence-corrected chi connectivity index (χ1v) is 8.46. The number of ether oxygens (including phenoxy) is 1. The van der Waals surface area contributed by atoms with Crippen molar-refractivity contribution in [2.45, 2.75) is 44.6 Å². The molecule has 1 amide bonds. The normalized spacial score (nSPS) is 23.6. The summed E-state index contributed by atoms with van der Waals surface area (Å²) >= 11 is 0. The molecule has 1 aliphatic heterocycles. The van der Waals surface area contributed by atoms with E-state index in [1.54, 1.807) is 14.2 Å². The van der Waals surface area contributed by atoms with Crippen LogP contribution in [0.25, 0.3) is 0 Å². The Labute approximate surface area is 133 Å². The van der Waals surface area contributed by atoms with Crippen molar-refractivity contribution in [3.63, 3.8) is 0 Å². The Morgan fingerprint density at radius 3 is 2.73 bits per heavy atom. The van der Waals surface area contributed by atoms with E-state index >= 15 is 0 Å². The molecule has 6 nitrogen and oxygen atoms in total. The van der Waals surface area contributed by atoms with Crippen molar-refractivity contribution in [1.29, 1.82) is 0 Å². The zero-order valence-corrected chi connectivity index (χ0v) is 13.9. The Hall–Kier alpha value is -1.30. The van der Waals surface area contributed by atoms with Crippen LogP contribution in [0.2, 0.25) is 0 Å². The van der Waals surface area contributed by atoms with Gasteiger partial charge in [0.1, 0.15) is 0 Å². The van der Waals surface area contributed by atoms with Gasteiger partial charge in [0.25, 0.3) is 0 Å². The van der Waals surface area contributed by atoms with E-state index in [1.165, 1.54) is 19.3 Å². The maximum absolute atomic E-state index is 12.0. The van der Waals surface area contributed by atoms with E-state index in [0.29, 0.717) is 18.5 Å². The van der Waals surface area contributed by atoms with Crippen molar-refractivity contribution in [3.8, 4) is 0 Å². The molecule has 1 unspecified atom stereocenters. The van der Waals surface area contributed by atoms with E-state index in [-0.39, 0.29) is 5.91 Å². The first kappa shape index (κ1) is 17.1. The molecule has 0 spiro atoms. The molecule has 0 bridgehead atoms. The molecule has 126 valence electrons. The topological polar surface area (TPSA) is 66.0 Å². The zero-order chi connectivity index (χ0) is 15.8. The Kier molecular flexibility index (Phi) is 6.96. The van der Waals surface area contributed by atoms with E-state index in [4.69, 9.17) is 4.74 Å². The van der Waals surface area contributed by atoms with Crippen LogP contribution in [-0.2, 0) is 9.53 Å². The van der Waals surface area contributed by atoms with E-state index < -0.39 is 0 Å². The van der Waals surface area contributed by atoms with Crippen molar-refractivity contribution < 1.29 is 9.53 Å². The highest BCUT2D eigenvalue weighted by atomic mass is 16.5. The van der Waals surface area contributed by atoms with Crippen LogP contribution in [0.4, 0.5) is 0 Å². The third kappa shape index (κ3) is 5.16. The fourth-order valence-corrected chi connectivity index (χ4v) is 3.41. The van der Waals surface area contributed by atoms with Crippen LogP contribution in [0, 0.1) is 5.92 Å². The number of nitrogens with one attached hydrogen (secondary N) is 2. The quantitative estimate of drug-likeness (QED) is 0.587. The molecule has 1 saturated heterocycles. The molecule has 1 atom stereocenters. The lowest BCUT2D eigenvalue weighted by molar-refractivity contribution is -0.120. The highest BCUT2D eigenvalue weighted by Crippen LogP contribution is 2.17. The van der Waals surface area contributed by atoms with Gasteiger partial charge in [0.15, 0.2) is 5.96 Å². The number of carbonyl (C=O) groups is 1. The smallest absolute Gasteiger partial charge is 0.239 e. The molecule has 22 heavy (non-hydrogen) atoms. The molecular formula is C16H30N4O2. The second kappa shape index (κ2) is 8.98. The van der Waals surface area contributed by atoms with E-state index in [0.717, 1.165) is 44.9 Å². The number of aliphatic imine (C=N–C) groups is 1. The Balaban J connectivity index is 1.70. The summed E-state index contributed by atoms with van der Waals surface area (Å²) in [6.07, 6.45) is 7.11. The van der Waals surface area contributed by atoms with Gasteiger partial charge in [-0.1, -0.05) is 19.3 Å². The molecule has 0 aromatic carbocycles. The highest BCUT2D eigenvalue weighted by Gasteiger charge is 2.25. The second-order valence-electron chi connectivity index (χ2n) is 6.36. The van der Waals surface area contributed by atoms with Crippen molar-refractivity contribution in [2.75, 3.05) is 40.4 Å². The van der Waals surface area contributed by atoms with Crippen LogP contribution in [0.15, 0.2) is 4.99 Å². The molecule has 1 saturated carbocycles. The Bertz CT molecular complexity index is 380. The zero-order valence-electron chi connectivity index (χ0n) is 13.9. The van der Waals surface area contributed by atoms with Gasteiger partial charge in [-0.2, -0.15) is 0 Å². The molecule has 2 aliphatic rings. The van der Waals surface area contributed by atoms with Crippen molar-refractivity contribution in [2.24, 2.45) is 10.9 Å². The average molecular weight is 310 g/mol. The molecule has 6 heteroatoms. The summed E-state index contributed by atoms with van der Waals surface area (Å²) in [5, 5.41) is 6.31. The predicted molar refractivity (Wildman–Crippen MR) is 87.9 cm³/mol. The number of amides is 1. The summed E-state index contributed by atoms with van der Waals surface area (Å²) < 4.78 is 5.22. The monoisotopic (exact) mass is 310 g/mol. The lowest BCUT2D eigenvalue weighted by Crippen LogP contribution is -2.47. The molecular weight excluding hydrogens is 280 g/mol. The summed E-state index contributed by atoms with van der Waals surface area (Å²) in [7, 11) is 3.51. The van der Waals surface area contributed by atoms with Crippen LogP contribution >= 0.6 is 0 Å². The van der Waals surface area contributed by atoms with Crippen molar-refractivity contribution in [1.82, 2.24) is 15.5 Å². The van der Waals surface area contributed by atoms with Gasteiger partial charge < -0.3 is 20.3 Å². The van der Waals surface area contributed by atoms with Gasteiger partial charge in [-0.25, -0.2) is 0 Å². The number of carbonyl (C=O) groups excluding carboxylic acids is 1. The number of methoxy groups -OCH3 is 1. The Morgan fingerprint density at radius 2 is 2.05 bits per heavy atom. The van der Waals surface area contributed by atoms with Crippen LogP contribution in [0.3, 0.4) is 0 Å². The molecule has 2 fully saturated rings. The summed E-state index contributed by atoms with van der Waals surface area (Å²) in [6, 6.07) is 0.364. The van der Waals surface area contributed by atoms with E-state index in [9.17, 15) is 4.79 Å². The fraction of sp³-hybridized carbons (Fsp3) is 0.875. The third-order valence-corrected chi connectivity index (χ3v) is 4.58. The van der Waals surface area contributed by atoms with Gasteiger partial charge in [0, 0.05) is 39.2 Å². The van der Waals surface area contributed by atoms with Crippen molar-refractivity contribution in [3.05, 3.63) is 0 Å².